The molecule has 0 bridgehead atoms. The number of benzene rings is 2. The highest BCUT2D eigenvalue weighted by atomic mass is 16.5. The fourth-order valence-corrected chi connectivity index (χ4v) is 3.90. The fraction of sp³-hybridized carbons (Fsp3) is 0.400. The quantitative estimate of drug-likeness (QED) is 0.564. The summed E-state index contributed by atoms with van der Waals surface area (Å²) in [6.07, 6.45) is 2.20. The van der Waals surface area contributed by atoms with Gasteiger partial charge in [-0.1, -0.05) is 29.8 Å². The number of amides is 1. The molecule has 3 aromatic rings. The summed E-state index contributed by atoms with van der Waals surface area (Å²) in [5.74, 6) is 2.20. The van der Waals surface area contributed by atoms with E-state index in [1.54, 1.807) is 7.11 Å². The van der Waals surface area contributed by atoms with Crippen LogP contribution in [0.25, 0.3) is 11.5 Å². The van der Waals surface area contributed by atoms with Crippen LogP contribution in [0.1, 0.15) is 29.9 Å². The van der Waals surface area contributed by atoms with Gasteiger partial charge in [0.05, 0.1) is 13.7 Å². The number of carbonyl (C=O) groups is 1. The van der Waals surface area contributed by atoms with Crippen LogP contribution >= 0.6 is 0 Å². The standard InChI is InChI=1S/C25H30N4O3/c1-19-4-9-21(10-5-19)25-27-26-23(32-25)18-28-14-3-15-29(17-16-28)24(30)13-8-20-6-11-22(31-2)12-7-20/h4-7,9-12H,3,8,13-18H2,1-2H3. The molecule has 7 nitrogen and oxygen atoms in total. The van der Waals surface area contributed by atoms with Crippen LogP contribution in [-0.4, -0.2) is 59.2 Å². The van der Waals surface area contributed by atoms with Gasteiger partial charge in [-0.25, -0.2) is 0 Å². The Labute approximate surface area is 189 Å². The molecule has 2 aromatic carbocycles. The summed E-state index contributed by atoms with van der Waals surface area (Å²) in [4.78, 5) is 17.0. The minimum Gasteiger partial charge on any atom is -0.497 e. The average molecular weight is 435 g/mol. The van der Waals surface area contributed by atoms with Crippen molar-refractivity contribution < 1.29 is 13.9 Å². The average Bonchev–Trinajstić information content (AvgIpc) is 3.15. The van der Waals surface area contributed by atoms with Gasteiger partial charge in [-0.3, -0.25) is 9.69 Å². The first-order chi connectivity index (χ1) is 15.6. The number of hydrogen-bond acceptors (Lipinski definition) is 6. The summed E-state index contributed by atoms with van der Waals surface area (Å²) < 4.78 is 11.1. The number of carbonyl (C=O) groups excluding carboxylic acids is 1. The lowest BCUT2D eigenvalue weighted by molar-refractivity contribution is -0.131. The van der Waals surface area contributed by atoms with Crippen LogP contribution in [0.3, 0.4) is 0 Å². The van der Waals surface area contributed by atoms with Gasteiger partial charge in [0.15, 0.2) is 0 Å². The maximum Gasteiger partial charge on any atom is 0.247 e. The molecule has 4 rings (SSSR count). The van der Waals surface area contributed by atoms with E-state index in [9.17, 15) is 4.79 Å². The topological polar surface area (TPSA) is 71.7 Å². The lowest BCUT2D eigenvalue weighted by Gasteiger charge is -2.21. The first-order valence-corrected chi connectivity index (χ1v) is 11.1. The molecule has 1 saturated heterocycles. The molecule has 1 amide bonds. The Morgan fingerprint density at radius 3 is 2.53 bits per heavy atom. The lowest BCUT2D eigenvalue weighted by atomic mass is 10.1. The molecule has 0 unspecified atom stereocenters. The third-order valence-electron chi connectivity index (χ3n) is 5.85. The SMILES string of the molecule is COc1ccc(CCC(=O)N2CCCN(Cc3nnc(-c4ccc(C)cc4)o3)CC2)cc1. The van der Waals surface area contributed by atoms with Crippen LogP contribution in [0.2, 0.25) is 0 Å². The molecular weight excluding hydrogens is 404 g/mol. The van der Waals surface area contributed by atoms with Gasteiger partial charge in [-0.2, -0.15) is 0 Å². The Bertz CT molecular complexity index is 1010. The molecule has 0 spiro atoms. The summed E-state index contributed by atoms with van der Waals surface area (Å²) in [5.41, 5.74) is 3.27. The van der Waals surface area contributed by atoms with Crippen LogP contribution in [0.5, 0.6) is 5.75 Å². The minimum absolute atomic E-state index is 0.210. The van der Waals surface area contributed by atoms with Crippen molar-refractivity contribution in [1.29, 1.82) is 0 Å². The molecule has 7 heteroatoms. The number of aryl methyl sites for hydroxylation is 2. The Hall–Kier alpha value is -3.19. The minimum atomic E-state index is 0.210. The van der Waals surface area contributed by atoms with E-state index in [4.69, 9.17) is 9.15 Å². The Morgan fingerprint density at radius 2 is 1.78 bits per heavy atom. The van der Waals surface area contributed by atoms with Gasteiger partial charge >= 0.3 is 0 Å². The molecule has 0 atom stereocenters. The van der Waals surface area contributed by atoms with Crippen molar-refractivity contribution in [2.24, 2.45) is 0 Å². The second kappa shape index (κ2) is 10.4. The zero-order valence-electron chi connectivity index (χ0n) is 18.8. The summed E-state index contributed by atoms with van der Waals surface area (Å²) in [6.45, 7) is 5.88. The van der Waals surface area contributed by atoms with Crippen LogP contribution in [0.4, 0.5) is 0 Å². The summed E-state index contributed by atoms with van der Waals surface area (Å²) in [5, 5.41) is 8.42. The summed E-state index contributed by atoms with van der Waals surface area (Å²) in [6, 6.07) is 16.0. The van der Waals surface area contributed by atoms with Gasteiger partial charge < -0.3 is 14.1 Å². The normalized spacial score (nSPS) is 14.9. The Morgan fingerprint density at radius 1 is 1.00 bits per heavy atom. The summed E-state index contributed by atoms with van der Waals surface area (Å²) in [7, 11) is 1.66. The van der Waals surface area contributed by atoms with E-state index in [1.165, 1.54) is 5.56 Å². The zero-order chi connectivity index (χ0) is 22.3. The second-order valence-electron chi connectivity index (χ2n) is 8.23. The summed E-state index contributed by atoms with van der Waals surface area (Å²) >= 11 is 0. The lowest BCUT2D eigenvalue weighted by Crippen LogP contribution is -2.35. The van der Waals surface area contributed by atoms with Crippen molar-refractivity contribution in [3.63, 3.8) is 0 Å². The van der Waals surface area contributed by atoms with E-state index >= 15 is 0 Å². The van der Waals surface area contributed by atoms with E-state index in [-0.39, 0.29) is 5.91 Å². The number of rotatable bonds is 7. The first kappa shape index (κ1) is 22.0. The highest BCUT2D eigenvalue weighted by molar-refractivity contribution is 5.76. The van der Waals surface area contributed by atoms with Crippen LogP contribution < -0.4 is 4.74 Å². The van der Waals surface area contributed by atoms with Crippen LogP contribution in [-0.2, 0) is 17.8 Å². The fourth-order valence-electron chi connectivity index (χ4n) is 3.90. The molecule has 0 N–H and O–H groups in total. The Balaban J connectivity index is 1.26. The van der Waals surface area contributed by atoms with Gasteiger partial charge in [0, 0.05) is 38.2 Å². The van der Waals surface area contributed by atoms with Crippen molar-refractivity contribution in [1.82, 2.24) is 20.0 Å². The van der Waals surface area contributed by atoms with Gasteiger partial charge in [0.1, 0.15) is 5.75 Å². The maximum absolute atomic E-state index is 12.7. The molecule has 0 aliphatic carbocycles. The van der Waals surface area contributed by atoms with Crippen molar-refractivity contribution in [3.05, 3.63) is 65.5 Å². The number of methoxy groups -OCH3 is 1. The predicted molar refractivity (Wildman–Crippen MR) is 122 cm³/mol. The van der Waals surface area contributed by atoms with Gasteiger partial charge in [0.2, 0.25) is 17.7 Å². The first-order valence-electron chi connectivity index (χ1n) is 11.1. The van der Waals surface area contributed by atoms with E-state index in [0.29, 0.717) is 24.7 Å². The van der Waals surface area contributed by atoms with Crippen molar-refractivity contribution in [2.45, 2.75) is 32.7 Å². The van der Waals surface area contributed by atoms with E-state index in [2.05, 4.69) is 22.0 Å². The van der Waals surface area contributed by atoms with E-state index < -0.39 is 0 Å². The molecule has 2 heterocycles. The molecule has 1 aromatic heterocycles. The number of aromatic nitrogens is 2. The van der Waals surface area contributed by atoms with Gasteiger partial charge in [0.25, 0.3) is 0 Å². The van der Waals surface area contributed by atoms with Crippen molar-refractivity contribution >= 4 is 5.91 Å². The number of hydrogen-bond donors (Lipinski definition) is 0. The number of nitrogens with zero attached hydrogens (tertiary/aromatic N) is 4. The largest absolute Gasteiger partial charge is 0.497 e. The molecule has 1 aliphatic heterocycles. The Kier molecular flexibility index (Phi) is 7.17. The number of ether oxygens (including phenoxy) is 1. The van der Waals surface area contributed by atoms with Crippen LogP contribution in [0, 0.1) is 6.92 Å². The highest BCUT2D eigenvalue weighted by Gasteiger charge is 2.20. The molecule has 32 heavy (non-hydrogen) atoms. The third kappa shape index (κ3) is 5.73. The molecule has 1 fully saturated rings. The third-order valence-corrected chi connectivity index (χ3v) is 5.85. The van der Waals surface area contributed by atoms with Crippen molar-refractivity contribution in [2.75, 3.05) is 33.3 Å². The maximum atomic E-state index is 12.7. The molecule has 168 valence electrons. The zero-order valence-corrected chi connectivity index (χ0v) is 18.8. The molecular formula is C25H30N4O3. The van der Waals surface area contributed by atoms with E-state index in [0.717, 1.165) is 55.9 Å². The second-order valence-corrected chi connectivity index (χ2v) is 8.23. The van der Waals surface area contributed by atoms with Gasteiger partial charge in [-0.05, 0) is 49.6 Å². The highest BCUT2D eigenvalue weighted by Crippen LogP contribution is 2.19. The van der Waals surface area contributed by atoms with Crippen LogP contribution in [0.15, 0.2) is 52.9 Å². The monoisotopic (exact) mass is 434 g/mol. The van der Waals surface area contributed by atoms with Crippen molar-refractivity contribution in [3.8, 4) is 17.2 Å². The predicted octanol–water partition coefficient (Wildman–Crippen LogP) is 3.72. The molecule has 1 aliphatic rings. The molecule has 0 radical (unpaired) electrons. The van der Waals surface area contributed by atoms with E-state index in [1.807, 2.05) is 53.4 Å². The molecule has 0 saturated carbocycles. The smallest absolute Gasteiger partial charge is 0.247 e. The van der Waals surface area contributed by atoms with Gasteiger partial charge in [-0.15, -0.1) is 10.2 Å².